The number of pyridine rings is 1. The fourth-order valence-electron chi connectivity index (χ4n) is 5.56. The molecule has 0 spiro atoms. The molecule has 3 heterocycles. The Morgan fingerprint density at radius 3 is 2.32 bits per heavy atom. The summed E-state index contributed by atoms with van der Waals surface area (Å²) in [4.78, 5) is 4.43. The van der Waals surface area contributed by atoms with Crippen LogP contribution < -0.4 is 4.74 Å². The molecule has 7 rings (SSSR count). The highest BCUT2D eigenvalue weighted by atomic mass is 19.1. The number of ether oxygens (including phenoxy) is 1. The summed E-state index contributed by atoms with van der Waals surface area (Å²) in [6.07, 6.45) is 5.19. The summed E-state index contributed by atoms with van der Waals surface area (Å²) in [5.41, 5.74) is 6.23. The van der Waals surface area contributed by atoms with Gasteiger partial charge in [0.2, 0.25) is 0 Å². The van der Waals surface area contributed by atoms with E-state index in [1.165, 1.54) is 30.5 Å². The van der Waals surface area contributed by atoms with E-state index in [2.05, 4.69) is 10.1 Å². The third-order valence-corrected chi connectivity index (χ3v) is 7.27. The molecule has 200 valence electrons. The summed E-state index contributed by atoms with van der Waals surface area (Å²) in [5, 5.41) is 6.62. The Morgan fingerprint density at radius 2 is 1.49 bits per heavy atom. The van der Waals surface area contributed by atoms with Crippen LogP contribution in [0.15, 0.2) is 110 Å². The van der Waals surface area contributed by atoms with Gasteiger partial charge in [0, 0.05) is 46.9 Å². The summed E-state index contributed by atoms with van der Waals surface area (Å²) in [7, 11) is 0. The van der Waals surface area contributed by atoms with Gasteiger partial charge in [-0.05, 0) is 79.1 Å². The van der Waals surface area contributed by atoms with Gasteiger partial charge >= 0.3 is 0 Å². The number of halogens is 2. The maximum Gasteiger partial charge on any atom is 0.140 e. The van der Waals surface area contributed by atoms with Gasteiger partial charge in [-0.2, -0.15) is 5.10 Å². The van der Waals surface area contributed by atoms with Crippen molar-refractivity contribution in [2.75, 3.05) is 0 Å². The number of hydrogen-bond acceptors (Lipinski definition) is 3. The van der Waals surface area contributed by atoms with E-state index in [1.807, 2.05) is 91.3 Å². The third kappa shape index (κ3) is 4.41. The van der Waals surface area contributed by atoms with Gasteiger partial charge in [0.05, 0.1) is 22.9 Å². The van der Waals surface area contributed by atoms with Crippen LogP contribution in [0.25, 0.3) is 44.4 Å². The highest BCUT2D eigenvalue weighted by molar-refractivity contribution is 6.09. The van der Waals surface area contributed by atoms with Crippen LogP contribution in [0.3, 0.4) is 0 Å². The maximum atomic E-state index is 14.2. The minimum atomic E-state index is -0.350. The Bertz CT molecular complexity index is 2070. The van der Waals surface area contributed by atoms with E-state index in [4.69, 9.17) is 4.74 Å². The van der Waals surface area contributed by atoms with Crippen molar-refractivity contribution in [2.24, 2.45) is 0 Å². The Labute approximate surface area is 234 Å². The van der Waals surface area contributed by atoms with Crippen LogP contribution >= 0.6 is 0 Å². The highest BCUT2D eigenvalue weighted by Crippen LogP contribution is 2.35. The average molecular weight is 543 g/mol. The Hall–Kier alpha value is -5.30. The van der Waals surface area contributed by atoms with Crippen molar-refractivity contribution in [3.05, 3.63) is 132 Å². The molecule has 0 aliphatic carbocycles. The quantitative estimate of drug-likeness (QED) is 0.219. The number of aryl methyl sites for hydroxylation is 2. The molecule has 5 nitrogen and oxygen atoms in total. The minimum absolute atomic E-state index is 0.244. The van der Waals surface area contributed by atoms with Crippen molar-refractivity contribution < 1.29 is 13.5 Å². The second-order valence-electron chi connectivity index (χ2n) is 10.1. The van der Waals surface area contributed by atoms with Gasteiger partial charge in [0.15, 0.2) is 0 Å². The molecule has 7 aromatic rings. The number of aromatic nitrogens is 4. The fraction of sp³-hybridized carbons (Fsp3) is 0.0588. The first-order valence-corrected chi connectivity index (χ1v) is 13.2. The summed E-state index contributed by atoms with van der Waals surface area (Å²) in [6, 6.07) is 27.4. The van der Waals surface area contributed by atoms with E-state index in [-0.39, 0.29) is 11.6 Å². The number of benzene rings is 4. The highest BCUT2D eigenvalue weighted by Gasteiger charge is 2.15. The third-order valence-electron chi connectivity index (χ3n) is 7.27. The molecule has 0 N–H and O–H groups in total. The van der Waals surface area contributed by atoms with Crippen molar-refractivity contribution in [1.82, 2.24) is 19.3 Å². The topological polar surface area (TPSA) is 44.9 Å². The lowest BCUT2D eigenvalue weighted by Gasteiger charge is -2.10. The second kappa shape index (κ2) is 9.71. The predicted molar refractivity (Wildman–Crippen MR) is 157 cm³/mol. The molecule has 4 aromatic carbocycles. The lowest BCUT2D eigenvalue weighted by molar-refractivity contribution is 0.483. The first kappa shape index (κ1) is 24.7. The van der Waals surface area contributed by atoms with Gasteiger partial charge in [0.25, 0.3) is 0 Å². The predicted octanol–water partition coefficient (Wildman–Crippen LogP) is 8.72. The zero-order valence-electron chi connectivity index (χ0n) is 22.3. The molecule has 41 heavy (non-hydrogen) atoms. The molecule has 0 radical (unpaired) electrons. The summed E-state index contributed by atoms with van der Waals surface area (Å²) in [6.45, 7) is 3.80. The van der Waals surface area contributed by atoms with E-state index in [1.54, 1.807) is 10.9 Å². The fourth-order valence-corrected chi connectivity index (χ4v) is 5.56. The van der Waals surface area contributed by atoms with Crippen LogP contribution in [0, 0.1) is 25.5 Å². The average Bonchev–Trinajstić information content (AvgIpc) is 3.56. The summed E-state index contributed by atoms with van der Waals surface area (Å²) < 4.78 is 38.0. The van der Waals surface area contributed by atoms with Gasteiger partial charge in [-0.1, -0.05) is 24.3 Å². The number of rotatable bonds is 5. The molecule has 0 unspecified atom stereocenters. The SMILES string of the molecule is Cc1cc(F)cc(C)c1-c1cnn(-c2cccc(Oc3ccc4c5ccccc5n(-c5cc(F)ccn5)c4c3)c2)c1. The van der Waals surface area contributed by atoms with Gasteiger partial charge in [-0.25, -0.2) is 18.4 Å². The maximum absolute atomic E-state index is 14.2. The number of fused-ring (bicyclic) bond motifs is 3. The first-order valence-electron chi connectivity index (χ1n) is 13.2. The molecular weight excluding hydrogens is 518 g/mol. The summed E-state index contributed by atoms with van der Waals surface area (Å²) in [5.74, 6) is 1.17. The monoisotopic (exact) mass is 542 g/mol. The van der Waals surface area contributed by atoms with Crippen LogP contribution in [0.1, 0.15) is 11.1 Å². The molecule has 3 aromatic heterocycles. The van der Waals surface area contributed by atoms with Crippen LogP contribution in [-0.2, 0) is 0 Å². The molecular formula is C34H24F2N4O. The van der Waals surface area contributed by atoms with Crippen molar-refractivity contribution >= 4 is 21.8 Å². The van der Waals surface area contributed by atoms with Crippen molar-refractivity contribution in [3.63, 3.8) is 0 Å². The van der Waals surface area contributed by atoms with Crippen LogP contribution in [0.4, 0.5) is 8.78 Å². The minimum Gasteiger partial charge on any atom is -0.457 e. The molecule has 0 aliphatic heterocycles. The van der Waals surface area contributed by atoms with Gasteiger partial charge in [-0.15, -0.1) is 0 Å². The van der Waals surface area contributed by atoms with E-state index < -0.39 is 0 Å². The van der Waals surface area contributed by atoms with Gasteiger partial charge in [-0.3, -0.25) is 4.57 Å². The van der Waals surface area contributed by atoms with Crippen LogP contribution in [0.5, 0.6) is 11.5 Å². The number of hydrogen-bond donors (Lipinski definition) is 0. The van der Waals surface area contributed by atoms with Gasteiger partial charge in [0.1, 0.15) is 29.0 Å². The molecule has 0 bridgehead atoms. The lowest BCUT2D eigenvalue weighted by atomic mass is 9.98. The Morgan fingerprint density at radius 1 is 0.707 bits per heavy atom. The van der Waals surface area contributed by atoms with Crippen LogP contribution in [0.2, 0.25) is 0 Å². The van der Waals surface area contributed by atoms with E-state index in [0.717, 1.165) is 49.7 Å². The summed E-state index contributed by atoms with van der Waals surface area (Å²) >= 11 is 0. The molecule has 0 atom stereocenters. The molecule has 0 amide bonds. The normalized spacial score (nSPS) is 11.4. The first-order chi connectivity index (χ1) is 19.9. The van der Waals surface area contributed by atoms with E-state index in [9.17, 15) is 8.78 Å². The molecule has 0 saturated heterocycles. The molecule has 0 saturated carbocycles. The lowest BCUT2D eigenvalue weighted by Crippen LogP contribution is -1.98. The Balaban J connectivity index is 1.25. The second-order valence-corrected chi connectivity index (χ2v) is 10.1. The molecule has 7 heteroatoms. The zero-order chi connectivity index (χ0) is 28.1. The smallest absolute Gasteiger partial charge is 0.140 e. The van der Waals surface area contributed by atoms with Crippen molar-refractivity contribution in [2.45, 2.75) is 13.8 Å². The van der Waals surface area contributed by atoms with Crippen molar-refractivity contribution in [3.8, 4) is 34.1 Å². The largest absolute Gasteiger partial charge is 0.457 e. The molecule has 0 aliphatic rings. The zero-order valence-corrected chi connectivity index (χ0v) is 22.3. The van der Waals surface area contributed by atoms with Crippen LogP contribution in [-0.4, -0.2) is 19.3 Å². The number of para-hydroxylation sites is 1. The number of nitrogens with zero attached hydrogens (tertiary/aromatic N) is 4. The molecule has 0 fully saturated rings. The van der Waals surface area contributed by atoms with E-state index in [0.29, 0.717) is 17.3 Å². The van der Waals surface area contributed by atoms with Crippen molar-refractivity contribution in [1.29, 1.82) is 0 Å². The van der Waals surface area contributed by atoms with Gasteiger partial charge < -0.3 is 4.74 Å². The van der Waals surface area contributed by atoms with E-state index >= 15 is 0 Å². The standard InChI is InChI=1S/C34H24F2N4O/c1-21-14-25(36)15-22(2)34(21)23-19-38-39(20-23)26-6-5-7-27(17-26)41-28-10-11-30-29-8-3-4-9-31(29)40(32(30)18-28)33-16-24(35)12-13-37-33/h3-20H,1-2H3. The Kier molecular flexibility index (Phi) is 5.86.